The van der Waals surface area contributed by atoms with E-state index < -0.39 is 18.0 Å². The van der Waals surface area contributed by atoms with Gasteiger partial charge in [-0.2, -0.15) is 0 Å². The van der Waals surface area contributed by atoms with Crippen molar-refractivity contribution in [3.05, 3.63) is 59.7 Å². The quantitative estimate of drug-likeness (QED) is 0.463. The number of fused-ring (bicyclic) bond motifs is 3. The van der Waals surface area contributed by atoms with Gasteiger partial charge in [0.15, 0.2) is 0 Å². The van der Waals surface area contributed by atoms with Crippen LogP contribution < -0.4 is 10.6 Å². The first-order chi connectivity index (χ1) is 16.4. The van der Waals surface area contributed by atoms with Gasteiger partial charge in [0.1, 0.15) is 6.61 Å². The van der Waals surface area contributed by atoms with Gasteiger partial charge in [-0.05, 0) is 40.5 Å². The van der Waals surface area contributed by atoms with Crippen LogP contribution in [0.3, 0.4) is 0 Å². The van der Waals surface area contributed by atoms with Crippen LogP contribution in [0.5, 0.6) is 0 Å². The van der Waals surface area contributed by atoms with Crippen molar-refractivity contribution >= 4 is 18.0 Å². The SMILES string of the molecule is CC(CNC(=O)OCC1c2ccccc2-c2ccccc21)CC(=O)NCC(CC1CC1)C(=O)O. The predicted octanol–water partition coefficient (Wildman–Crippen LogP) is 4.17. The molecule has 0 saturated heterocycles. The van der Waals surface area contributed by atoms with Gasteiger partial charge in [-0.1, -0.05) is 68.3 Å². The zero-order valence-electron chi connectivity index (χ0n) is 19.5. The molecule has 1 saturated carbocycles. The monoisotopic (exact) mass is 464 g/mol. The third-order valence-corrected chi connectivity index (χ3v) is 6.68. The van der Waals surface area contributed by atoms with Crippen molar-refractivity contribution in [2.24, 2.45) is 17.8 Å². The van der Waals surface area contributed by atoms with Gasteiger partial charge in [0.2, 0.25) is 5.91 Å². The number of nitrogens with one attached hydrogen (secondary N) is 2. The van der Waals surface area contributed by atoms with Crippen molar-refractivity contribution in [2.45, 2.75) is 38.5 Å². The maximum atomic E-state index is 12.3. The van der Waals surface area contributed by atoms with E-state index in [1.807, 2.05) is 31.2 Å². The Morgan fingerprint density at radius 1 is 0.971 bits per heavy atom. The largest absolute Gasteiger partial charge is 0.481 e. The molecule has 2 atom stereocenters. The second kappa shape index (κ2) is 10.7. The fourth-order valence-electron chi connectivity index (χ4n) is 4.63. The van der Waals surface area contributed by atoms with E-state index in [0.29, 0.717) is 18.9 Å². The summed E-state index contributed by atoms with van der Waals surface area (Å²) in [7, 11) is 0. The molecule has 2 aliphatic rings. The van der Waals surface area contributed by atoms with Crippen molar-refractivity contribution in [1.82, 2.24) is 10.6 Å². The fraction of sp³-hybridized carbons (Fsp3) is 0.444. The van der Waals surface area contributed by atoms with Gasteiger partial charge in [-0.15, -0.1) is 0 Å². The number of rotatable bonds is 11. The van der Waals surface area contributed by atoms with E-state index in [1.165, 1.54) is 11.1 Å². The van der Waals surface area contributed by atoms with Gasteiger partial charge in [0.05, 0.1) is 5.92 Å². The van der Waals surface area contributed by atoms with Crippen molar-refractivity contribution in [3.63, 3.8) is 0 Å². The zero-order valence-corrected chi connectivity index (χ0v) is 19.5. The summed E-state index contributed by atoms with van der Waals surface area (Å²) in [5.74, 6) is -1.23. The highest BCUT2D eigenvalue weighted by Crippen LogP contribution is 2.44. The smallest absolute Gasteiger partial charge is 0.407 e. The third kappa shape index (κ3) is 5.95. The molecule has 0 aliphatic heterocycles. The van der Waals surface area contributed by atoms with E-state index in [1.54, 1.807) is 0 Å². The average Bonchev–Trinajstić information content (AvgIpc) is 3.59. The lowest BCUT2D eigenvalue weighted by Gasteiger charge is -2.17. The van der Waals surface area contributed by atoms with E-state index in [9.17, 15) is 19.5 Å². The van der Waals surface area contributed by atoms with E-state index in [-0.39, 0.29) is 37.3 Å². The van der Waals surface area contributed by atoms with Gasteiger partial charge in [0, 0.05) is 25.4 Å². The standard InChI is InChI=1S/C27H32N2O5/c1-17(12-25(30)28-15-19(26(31)32)13-18-10-11-18)14-29-27(33)34-16-24-22-8-4-2-6-20(22)21-7-3-5-9-23(21)24/h2-9,17-19,24H,10-16H2,1H3,(H,28,30)(H,29,33)(H,31,32). The number of alkyl carbamates (subject to hydrolysis) is 1. The van der Waals surface area contributed by atoms with Crippen molar-refractivity contribution in [1.29, 1.82) is 0 Å². The van der Waals surface area contributed by atoms with Crippen molar-refractivity contribution < 1.29 is 24.2 Å². The molecule has 0 aromatic heterocycles. The Morgan fingerprint density at radius 3 is 2.18 bits per heavy atom. The highest BCUT2D eigenvalue weighted by atomic mass is 16.5. The number of carbonyl (C=O) groups excluding carboxylic acids is 2. The van der Waals surface area contributed by atoms with Crippen LogP contribution in [0.2, 0.25) is 0 Å². The van der Waals surface area contributed by atoms with Crippen LogP contribution in [0, 0.1) is 17.8 Å². The van der Waals surface area contributed by atoms with Crippen LogP contribution in [0.1, 0.15) is 49.7 Å². The lowest BCUT2D eigenvalue weighted by molar-refractivity contribution is -0.142. The summed E-state index contributed by atoms with van der Waals surface area (Å²) in [5.41, 5.74) is 4.66. The molecule has 180 valence electrons. The molecule has 2 amide bonds. The van der Waals surface area contributed by atoms with E-state index in [0.717, 1.165) is 24.0 Å². The molecule has 7 nitrogen and oxygen atoms in total. The number of hydrogen-bond donors (Lipinski definition) is 3. The highest BCUT2D eigenvalue weighted by molar-refractivity contribution is 5.79. The molecule has 2 aromatic rings. The summed E-state index contributed by atoms with van der Waals surface area (Å²) in [6.07, 6.45) is 2.48. The number of ether oxygens (including phenoxy) is 1. The van der Waals surface area contributed by atoms with E-state index in [4.69, 9.17) is 4.74 Å². The zero-order chi connectivity index (χ0) is 24.1. The molecule has 1 fully saturated rings. The minimum atomic E-state index is -0.864. The summed E-state index contributed by atoms with van der Waals surface area (Å²) < 4.78 is 5.53. The Labute approximate surface area is 199 Å². The summed E-state index contributed by atoms with van der Waals surface area (Å²) in [6.45, 7) is 2.56. The van der Waals surface area contributed by atoms with Crippen LogP contribution >= 0.6 is 0 Å². The number of carboxylic acids is 1. The first-order valence-corrected chi connectivity index (χ1v) is 12.0. The number of benzene rings is 2. The minimum absolute atomic E-state index is 0.000767. The minimum Gasteiger partial charge on any atom is -0.481 e. The number of carboxylic acid groups (broad SMARTS) is 1. The second-order valence-corrected chi connectivity index (χ2v) is 9.53. The van der Waals surface area contributed by atoms with Crippen LogP contribution in [0.25, 0.3) is 11.1 Å². The molecule has 2 aliphatic carbocycles. The molecule has 2 aromatic carbocycles. The number of aliphatic carboxylic acids is 1. The van der Waals surface area contributed by atoms with Crippen molar-refractivity contribution in [3.8, 4) is 11.1 Å². The Balaban J connectivity index is 1.19. The Bertz CT molecular complexity index is 1000. The molecule has 2 unspecified atom stereocenters. The number of amides is 2. The first kappa shape index (κ1) is 23.8. The van der Waals surface area contributed by atoms with E-state index in [2.05, 4.69) is 34.9 Å². The van der Waals surface area contributed by atoms with E-state index >= 15 is 0 Å². The predicted molar refractivity (Wildman–Crippen MR) is 128 cm³/mol. The molecule has 0 radical (unpaired) electrons. The fourth-order valence-corrected chi connectivity index (χ4v) is 4.63. The second-order valence-electron chi connectivity index (χ2n) is 9.53. The molecule has 0 bridgehead atoms. The lowest BCUT2D eigenvalue weighted by atomic mass is 9.98. The van der Waals surface area contributed by atoms with Gasteiger partial charge < -0.3 is 20.5 Å². The Kier molecular flexibility index (Phi) is 7.50. The average molecular weight is 465 g/mol. The van der Waals surface area contributed by atoms with Crippen molar-refractivity contribution in [2.75, 3.05) is 19.7 Å². The molecular formula is C27H32N2O5. The maximum absolute atomic E-state index is 12.3. The maximum Gasteiger partial charge on any atom is 0.407 e. The van der Waals surface area contributed by atoms with Crippen LogP contribution in [-0.2, 0) is 14.3 Å². The molecule has 7 heteroatoms. The van der Waals surface area contributed by atoms with Crippen LogP contribution in [0.15, 0.2) is 48.5 Å². The summed E-state index contributed by atoms with van der Waals surface area (Å²) in [4.78, 5) is 35.9. The number of carbonyl (C=O) groups is 3. The molecule has 4 rings (SSSR count). The molecule has 34 heavy (non-hydrogen) atoms. The molecule has 0 heterocycles. The first-order valence-electron chi connectivity index (χ1n) is 12.0. The highest BCUT2D eigenvalue weighted by Gasteiger charge is 2.30. The third-order valence-electron chi connectivity index (χ3n) is 6.68. The van der Waals surface area contributed by atoms with Crippen LogP contribution in [-0.4, -0.2) is 42.8 Å². The number of hydrogen-bond acceptors (Lipinski definition) is 4. The normalized spacial score (nSPS) is 16.1. The van der Waals surface area contributed by atoms with Crippen LogP contribution in [0.4, 0.5) is 4.79 Å². The Hall–Kier alpha value is -3.35. The molecule has 3 N–H and O–H groups in total. The molecular weight excluding hydrogens is 432 g/mol. The van der Waals surface area contributed by atoms with Gasteiger partial charge in [-0.25, -0.2) is 4.79 Å². The van der Waals surface area contributed by atoms with Gasteiger partial charge in [0.25, 0.3) is 0 Å². The van der Waals surface area contributed by atoms with Gasteiger partial charge >= 0.3 is 12.1 Å². The summed E-state index contributed by atoms with van der Waals surface area (Å²) >= 11 is 0. The van der Waals surface area contributed by atoms with Gasteiger partial charge in [-0.3, -0.25) is 9.59 Å². The summed E-state index contributed by atoms with van der Waals surface area (Å²) in [6, 6.07) is 16.3. The topological polar surface area (TPSA) is 105 Å². The summed E-state index contributed by atoms with van der Waals surface area (Å²) in [5, 5.41) is 14.8. The Morgan fingerprint density at radius 2 is 1.59 bits per heavy atom. The lowest BCUT2D eigenvalue weighted by Crippen LogP contribution is -2.36. The molecule has 0 spiro atoms.